The van der Waals surface area contributed by atoms with Crippen LogP contribution in [-0.2, 0) is 0 Å². The van der Waals surface area contributed by atoms with E-state index in [1.165, 1.54) is 18.4 Å². The molecule has 17 heavy (non-hydrogen) atoms. The third-order valence-corrected chi connectivity index (χ3v) is 3.19. The number of pyridine rings is 1. The van der Waals surface area contributed by atoms with Crippen LogP contribution in [0.25, 0.3) is 0 Å². The SMILES string of the molecule is CCCCN(CC)c1ccc(C(C)NC)cn1. The Hall–Kier alpha value is -1.09. The number of nitrogens with zero attached hydrogens (tertiary/aromatic N) is 2. The summed E-state index contributed by atoms with van der Waals surface area (Å²) < 4.78 is 0. The van der Waals surface area contributed by atoms with Crippen LogP contribution in [0, 0.1) is 0 Å². The fourth-order valence-electron chi connectivity index (χ4n) is 1.79. The highest BCUT2D eigenvalue weighted by Crippen LogP contribution is 2.16. The van der Waals surface area contributed by atoms with Gasteiger partial charge >= 0.3 is 0 Å². The van der Waals surface area contributed by atoms with Gasteiger partial charge in [-0.3, -0.25) is 0 Å². The van der Waals surface area contributed by atoms with Gasteiger partial charge in [-0.15, -0.1) is 0 Å². The van der Waals surface area contributed by atoms with Crippen molar-refractivity contribution < 1.29 is 0 Å². The van der Waals surface area contributed by atoms with Gasteiger partial charge < -0.3 is 10.2 Å². The van der Waals surface area contributed by atoms with E-state index in [2.05, 4.69) is 48.1 Å². The molecule has 0 spiro atoms. The number of hydrogen-bond acceptors (Lipinski definition) is 3. The van der Waals surface area contributed by atoms with Crippen molar-refractivity contribution in [2.45, 2.75) is 39.7 Å². The van der Waals surface area contributed by atoms with E-state index in [-0.39, 0.29) is 0 Å². The molecular weight excluding hydrogens is 210 g/mol. The number of hydrogen-bond donors (Lipinski definition) is 1. The number of unbranched alkanes of at least 4 members (excludes halogenated alkanes) is 1. The van der Waals surface area contributed by atoms with Crippen LogP contribution in [0.1, 0.15) is 45.2 Å². The second-order valence-corrected chi connectivity index (χ2v) is 4.39. The molecule has 96 valence electrons. The molecule has 0 aliphatic heterocycles. The van der Waals surface area contributed by atoms with Crippen molar-refractivity contribution in [2.24, 2.45) is 0 Å². The monoisotopic (exact) mass is 235 g/mol. The Balaban J connectivity index is 2.70. The summed E-state index contributed by atoms with van der Waals surface area (Å²) in [4.78, 5) is 6.89. The molecule has 1 atom stereocenters. The smallest absolute Gasteiger partial charge is 0.128 e. The highest BCUT2D eigenvalue weighted by Gasteiger charge is 2.07. The minimum Gasteiger partial charge on any atom is -0.357 e. The van der Waals surface area contributed by atoms with Crippen LogP contribution in [0.3, 0.4) is 0 Å². The first kappa shape index (κ1) is 14.0. The molecule has 1 N–H and O–H groups in total. The average molecular weight is 235 g/mol. The van der Waals surface area contributed by atoms with Gasteiger partial charge in [-0.1, -0.05) is 19.4 Å². The standard InChI is InChI=1S/C14H25N3/c1-5-7-10-17(6-2)14-9-8-13(11-16-14)12(3)15-4/h8-9,11-12,15H,5-7,10H2,1-4H3. The van der Waals surface area contributed by atoms with Crippen LogP contribution < -0.4 is 10.2 Å². The summed E-state index contributed by atoms with van der Waals surface area (Å²) in [5.74, 6) is 1.09. The molecule has 0 amide bonds. The molecule has 3 nitrogen and oxygen atoms in total. The molecule has 3 heteroatoms. The summed E-state index contributed by atoms with van der Waals surface area (Å²) in [7, 11) is 1.97. The summed E-state index contributed by atoms with van der Waals surface area (Å²) in [6.45, 7) is 8.67. The second kappa shape index (κ2) is 7.28. The molecule has 0 radical (unpaired) electrons. The van der Waals surface area contributed by atoms with E-state index in [4.69, 9.17) is 0 Å². The largest absolute Gasteiger partial charge is 0.357 e. The Morgan fingerprint density at radius 1 is 1.35 bits per heavy atom. The third kappa shape index (κ3) is 4.00. The lowest BCUT2D eigenvalue weighted by Crippen LogP contribution is -2.25. The first-order valence-electron chi connectivity index (χ1n) is 6.61. The number of anilines is 1. The molecule has 0 aromatic carbocycles. The molecule has 1 unspecified atom stereocenters. The molecule has 1 aromatic heterocycles. The molecule has 1 aromatic rings. The minimum atomic E-state index is 0.363. The molecule has 0 fully saturated rings. The van der Waals surface area contributed by atoms with Crippen molar-refractivity contribution in [2.75, 3.05) is 25.0 Å². The van der Waals surface area contributed by atoms with Crippen LogP contribution in [0.15, 0.2) is 18.3 Å². The topological polar surface area (TPSA) is 28.2 Å². The van der Waals surface area contributed by atoms with Gasteiger partial charge in [0.1, 0.15) is 5.82 Å². The summed E-state index contributed by atoms with van der Waals surface area (Å²) in [5.41, 5.74) is 1.24. The number of rotatable bonds is 7. The van der Waals surface area contributed by atoms with Gasteiger partial charge in [0.05, 0.1) is 0 Å². The van der Waals surface area contributed by atoms with Crippen molar-refractivity contribution in [3.8, 4) is 0 Å². The van der Waals surface area contributed by atoms with E-state index in [1.807, 2.05) is 13.2 Å². The zero-order valence-electron chi connectivity index (χ0n) is 11.5. The van der Waals surface area contributed by atoms with E-state index in [0.717, 1.165) is 18.9 Å². The molecule has 1 rings (SSSR count). The predicted molar refractivity (Wildman–Crippen MR) is 74.5 cm³/mol. The maximum atomic E-state index is 4.56. The lowest BCUT2D eigenvalue weighted by molar-refractivity contribution is 0.648. The molecular formula is C14H25N3. The van der Waals surface area contributed by atoms with E-state index >= 15 is 0 Å². The van der Waals surface area contributed by atoms with Crippen molar-refractivity contribution in [1.82, 2.24) is 10.3 Å². The minimum absolute atomic E-state index is 0.363. The fourth-order valence-corrected chi connectivity index (χ4v) is 1.79. The zero-order chi connectivity index (χ0) is 12.7. The van der Waals surface area contributed by atoms with Gasteiger partial charge in [0.25, 0.3) is 0 Å². The summed E-state index contributed by atoms with van der Waals surface area (Å²) in [6.07, 6.45) is 4.43. The highest BCUT2D eigenvalue weighted by molar-refractivity contribution is 5.39. The molecule has 0 bridgehead atoms. The fraction of sp³-hybridized carbons (Fsp3) is 0.643. The Morgan fingerprint density at radius 3 is 2.59 bits per heavy atom. The zero-order valence-corrected chi connectivity index (χ0v) is 11.5. The Kier molecular flexibility index (Phi) is 5.98. The first-order chi connectivity index (χ1) is 8.22. The van der Waals surface area contributed by atoms with Crippen molar-refractivity contribution >= 4 is 5.82 Å². The third-order valence-electron chi connectivity index (χ3n) is 3.19. The predicted octanol–water partition coefficient (Wildman–Crippen LogP) is 2.99. The van der Waals surface area contributed by atoms with Crippen molar-refractivity contribution in [1.29, 1.82) is 0 Å². The maximum Gasteiger partial charge on any atom is 0.128 e. The van der Waals surface area contributed by atoms with Gasteiger partial charge in [-0.05, 0) is 38.9 Å². The van der Waals surface area contributed by atoms with E-state index in [0.29, 0.717) is 6.04 Å². The van der Waals surface area contributed by atoms with E-state index < -0.39 is 0 Å². The summed E-state index contributed by atoms with van der Waals surface area (Å²) in [5, 5.41) is 3.22. The van der Waals surface area contributed by atoms with E-state index in [9.17, 15) is 0 Å². The average Bonchev–Trinajstić information content (AvgIpc) is 2.39. The van der Waals surface area contributed by atoms with Gasteiger partial charge in [0, 0.05) is 25.3 Å². The maximum absolute atomic E-state index is 4.56. The molecule has 0 aliphatic carbocycles. The Labute approximate surface area is 105 Å². The van der Waals surface area contributed by atoms with Crippen LogP contribution in [0.2, 0.25) is 0 Å². The number of aromatic nitrogens is 1. The second-order valence-electron chi connectivity index (χ2n) is 4.39. The van der Waals surface area contributed by atoms with E-state index in [1.54, 1.807) is 0 Å². The molecule has 0 saturated carbocycles. The number of nitrogens with one attached hydrogen (secondary N) is 1. The summed E-state index contributed by atoms with van der Waals surface area (Å²) in [6, 6.07) is 4.66. The quantitative estimate of drug-likeness (QED) is 0.787. The van der Waals surface area contributed by atoms with Gasteiger partial charge in [0.2, 0.25) is 0 Å². The van der Waals surface area contributed by atoms with Crippen LogP contribution in [-0.4, -0.2) is 25.1 Å². The highest BCUT2D eigenvalue weighted by atomic mass is 15.2. The Bertz CT molecular complexity index is 308. The Morgan fingerprint density at radius 2 is 2.12 bits per heavy atom. The lowest BCUT2D eigenvalue weighted by Gasteiger charge is -2.22. The van der Waals surface area contributed by atoms with Crippen LogP contribution in [0.4, 0.5) is 5.82 Å². The lowest BCUT2D eigenvalue weighted by atomic mass is 10.1. The van der Waals surface area contributed by atoms with Gasteiger partial charge in [-0.2, -0.15) is 0 Å². The van der Waals surface area contributed by atoms with Gasteiger partial charge in [-0.25, -0.2) is 4.98 Å². The van der Waals surface area contributed by atoms with Crippen molar-refractivity contribution in [3.05, 3.63) is 23.9 Å². The summed E-state index contributed by atoms with van der Waals surface area (Å²) >= 11 is 0. The first-order valence-corrected chi connectivity index (χ1v) is 6.61. The van der Waals surface area contributed by atoms with Gasteiger partial charge in [0.15, 0.2) is 0 Å². The van der Waals surface area contributed by atoms with Crippen LogP contribution in [0.5, 0.6) is 0 Å². The normalized spacial score (nSPS) is 12.5. The molecule has 1 heterocycles. The van der Waals surface area contributed by atoms with Crippen LogP contribution >= 0.6 is 0 Å². The van der Waals surface area contributed by atoms with Crippen molar-refractivity contribution in [3.63, 3.8) is 0 Å². The molecule has 0 saturated heterocycles. The molecule has 0 aliphatic rings.